The third-order valence-electron chi connectivity index (χ3n) is 4.45. The van der Waals surface area contributed by atoms with E-state index in [0.717, 1.165) is 26.5 Å². The fourth-order valence-electron chi connectivity index (χ4n) is 2.75. The first-order valence-electron chi connectivity index (χ1n) is 9.52. The number of amides is 2. The SMILES string of the molecule is CCCNC(=O)[C@@H](C)N(Cc1cccc(Br)c1)C(=O)COc1ccc(Br)c(C)c1. The van der Waals surface area contributed by atoms with Crippen LogP contribution in [0.1, 0.15) is 31.4 Å². The molecule has 0 bridgehead atoms. The smallest absolute Gasteiger partial charge is 0.261 e. The molecule has 29 heavy (non-hydrogen) atoms. The van der Waals surface area contributed by atoms with Gasteiger partial charge >= 0.3 is 0 Å². The van der Waals surface area contributed by atoms with Crippen molar-refractivity contribution in [1.29, 1.82) is 0 Å². The molecule has 0 aliphatic rings. The van der Waals surface area contributed by atoms with Gasteiger partial charge in [-0.25, -0.2) is 0 Å². The summed E-state index contributed by atoms with van der Waals surface area (Å²) in [5, 5.41) is 2.86. The zero-order valence-electron chi connectivity index (χ0n) is 16.9. The van der Waals surface area contributed by atoms with Crippen LogP contribution in [-0.4, -0.2) is 35.9 Å². The van der Waals surface area contributed by atoms with Crippen LogP contribution in [0.5, 0.6) is 5.75 Å². The van der Waals surface area contributed by atoms with E-state index in [9.17, 15) is 9.59 Å². The highest BCUT2D eigenvalue weighted by atomic mass is 79.9. The van der Waals surface area contributed by atoms with Crippen molar-refractivity contribution < 1.29 is 14.3 Å². The zero-order chi connectivity index (χ0) is 21.4. The third kappa shape index (κ3) is 7.16. The molecule has 156 valence electrons. The number of carbonyl (C=O) groups excluding carboxylic acids is 2. The van der Waals surface area contributed by atoms with Crippen molar-refractivity contribution in [2.24, 2.45) is 0 Å². The van der Waals surface area contributed by atoms with Crippen LogP contribution in [0.4, 0.5) is 0 Å². The van der Waals surface area contributed by atoms with E-state index in [0.29, 0.717) is 18.8 Å². The molecule has 2 rings (SSSR count). The largest absolute Gasteiger partial charge is 0.484 e. The quantitative estimate of drug-likeness (QED) is 0.509. The Hall–Kier alpha value is -1.86. The van der Waals surface area contributed by atoms with E-state index in [1.807, 2.05) is 50.2 Å². The molecule has 7 heteroatoms. The highest BCUT2D eigenvalue weighted by Crippen LogP contribution is 2.22. The molecule has 0 radical (unpaired) electrons. The van der Waals surface area contributed by atoms with E-state index in [-0.39, 0.29) is 18.4 Å². The lowest BCUT2D eigenvalue weighted by Gasteiger charge is -2.28. The number of aryl methyl sites for hydroxylation is 1. The number of hydrogen-bond acceptors (Lipinski definition) is 3. The van der Waals surface area contributed by atoms with Gasteiger partial charge in [-0.05, 0) is 61.7 Å². The van der Waals surface area contributed by atoms with Crippen LogP contribution in [0.3, 0.4) is 0 Å². The third-order valence-corrected chi connectivity index (χ3v) is 5.83. The standard InChI is InChI=1S/C22H26Br2N2O3/c1-4-10-25-22(28)16(3)26(13-17-6-5-7-18(23)12-17)21(27)14-29-19-8-9-20(24)15(2)11-19/h5-9,11-12,16H,4,10,13-14H2,1-3H3,(H,25,28)/t16-/m1/s1. The van der Waals surface area contributed by atoms with E-state index >= 15 is 0 Å². The van der Waals surface area contributed by atoms with Crippen LogP contribution in [0.2, 0.25) is 0 Å². The van der Waals surface area contributed by atoms with E-state index in [2.05, 4.69) is 37.2 Å². The Labute approximate surface area is 189 Å². The molecule has 0 aliphatic carbocycles. The van der Waals surface area contributed by atoms with Gasteiger partial charge in [-0.3, -0.25) is 9.59 Å². The van der Waals surface area contributed by atoms with E-state index in [1.165, 1.54) is 0 Å². The van der Waals surface area contributed by atoms with Gasteiger partial charge in [0.15, 0.2) is 6.61 Å². The summed E-state index contributed by atoms with van der Waals surface area (Å²) in [5.41, 5.74) is 1.95. The predicted molar refractivity (Wildman–Crippen MR) is 122 cm³/mol. The molecule has 0 spiro atoms. The maximum absolute atomic E-state index is 13.0. The Morgan fingerprint density at radius 2 is 1.93 bits per heavy atom. The number of hydrogen-bond donors (Lipinski definition) is 1. The van der Waals surface area contributed by atoms with Crippen molar-refractivity contribution in [3.8, 4) is 5.75 Å². The van der Waals surface area contributed by atoms with Crippen LogP contribution in [-0.2, 0) is 16.1 Å². The van der Waals surface area contributed by atoms with Crippen LogP contribution in [0.25, 0.3) is 0 Å². The molecule has 0 saturated carbocycles. The molecule has 2 amide bonds. The highest BCUT2D eigenvalue weighted by Gasteiger charge is 2.26. The summed E-state index contributed by atoms with van der Waals surface area (Å²) in [6.45, 7) is 6.45. The predicted octanol–water partition coefficient (Wildman–Crippen LogP) is 4.84. The molecule has 0 aromatic heterocycles. The second-order valence-electron chi connectivity index (χ2n) is 6.82. The number of benzene rings is 2. The zero-order valence-corrected chi connectivity index (χ0v) is 20.0. The van der Waals surface area contributed by atoms with Gasteiger partial charge in [0.25, 0.3) is 5.91 Å². The molecule has 1 N–H and O–H groups in total. The molecule has 0 unspecified atom stereocenters. The Bertz CT molecular complexity index is 858. The summed E-state index contributed by atoms with van der Waals surface area (Å²) in [5.74, 6) is 0.198. The Kier molecular flexibility index (Phi) is 9.17. The minimum atomic E-state index is -0.608. The molecule has 0 aliphatic heterocycles. The second kappa shape index (κ2) is 11.4. The number of nitrogens with zero attached hydrogens (tertiary/aromatic N) is 1. The first-order valence-corrected chi connectivity index (χ1v) is 11.1. The van der Waals surface area contributed by atoms with Gasteiger partial charge in [0.2, 0.25) is 5.91 Å². The average Bonchev–Trinajstić information content (AvgIpc) is 2.70. The van der Waals surface area contributed by atoms with E-state index in [4.69, 9.17) is 4.74 Å². The lowest BCUT2D eigenvalue weighted by Crippen LogP contribution is -2.49. The number of nitrogens with one attached hydrogen (secondary N) is 1. The van der Waals surface area contributed by atoms with Crippen LogP contribution < -0.4 is 10.1 Å². The van der Waals surface area contributed by atoms with E-state index in [1.54, 1.807) is 17.9 Å². The molecule has 1 atom stereocenters. The summed E-state index contributed by atoms with van der Waals surface area (Å²) in [6.07, 6.45) is 0.837. The van der Waals surface area contributed by atoms with Gasteiger partial charge in [0, 0.05) is 22.0 Å². The molecule has 2 aromatic carbocycles. The molecular formula is C22H26Br2N2O3. The minimum Gasteiger partial charge on any atom is -0.484 e. The number of carbonyl (C=O) groups is 2. The number of rotatable bonds is 9. The Morgan fingerprint density at radius 1 is 1.17 bits per heavy atom. The summed E-state index contributed by atoms with van der Waals surface area (Å²) in [4.78, 5) is 27.0. The second-order valence-corrected chi connectivity index (χ2v) is 8.59. The Morgan fingerprint density at radius 3 is 2.59 bits per heavy atom. The fourth-order valence-corrected chi connectivity index (χ4v) is 3.44. The maximum atomic E-state index is 13.0. The molecular weight excluding hydrogens is 500 g/mol. The van der Waals surface area contributed by atoms with Gasteiger partial charge in [-0.2, -0.15) is 0 Å². The van der Waals surface area contributed by atoms with Gasteiger partial charge in [0.1, 0.15) is 11.8 Å². The summed E-state index contributed by atoms with van der Waals surface area (Å²) in [7, 11) is 0. The normalized spacial score (nSPS) is 11.6. The van der Waals surface area contributed by atoms with Gasteiger partial charge in [0.05, 0.1) is 0 Å². The Balaban J connectivity index is 2.14. The number of ether oxygens (including phenoxy) is 1. The van der Waals surface area contributed by atoms with Crippen molar-refractivity contribution in [3.63, 3.8) is 0 Å². The van der Waals surface area contributed by atoms with Crippen molar-refractivity contribution in [2.45, 2.75) is 39.8 Å². The lowest BCUT2D eigenvalue weighted by atomic mass is 10.1. The molecule has 0 fully saturated rings. The topological polar surface area (TPSA) is 58.6 Å². The molecule has 0 heterocycles. The first kappa shape index (κ1) is 23.4. The summed E-state index contributed by atoms with van der Waals surface area (Å²) < 4.78 is 7.61. The lowest BCUT2D eigenvalue weighted by molar-refractivity contribution is -0.142. The summed E-state index contributed by atoms with van der Waals surface area (Å²) >= 11 is 6.90. The maximum Gasteiger partial charge on any atom is 0.261 e. The monoisotopic (exact) mass is 524 g/mol. The minimum absolute atomic E-state index is 0.138. The highest BCUT2D eigenvalue weighted by molar-refractivity contribution is 9.10. The summed E-state index contributed by atoms with van der Waals surface area (Å²) in [6, 6.07) is 12.7. The van der Waals surface area contributed by atoms with Gasteiger partial charge in [-0.1, -0.05) is 50.9 Å². The van der Waals surface area contributed by atoms with E-state index < -0.39 is 6.04 Å². The van der Waals surface area contributed by atoms with Crippen molar-refractivity contribution in [3.05, 3.63) is 62.5 Å². The van der Waals surface area contributed by atoms with Crippen molar-refractivity contribution >= 4 is 43.7 Å². The van der Waals surface area contributed by atoms with Gasteiger partial charge in [-0.15, -0.1) is 0 Å². The van der Waals surface area contributed by atoms with Gasteiger partial charge < -0.3 is 15.0 Å². The molecule has 0 saturated heterocycles. The number of halogens is 2. The molecule has 5 nitrogen and oxygen atoms in total. The first-order chi connectivity index (χ1) is 13.8. The average molecular weight is 526 g/mol. The van der Waals surface area contributed by atoms with Crippen LogP contribution in [0, 0.1) is 6.92 Å². The molecule has 2 aromatic rings. The van der Waals surface area contributed by atoms with Crippen LogP contribution in [0.15, 0.2) is 51.4 Å². The van der Waals surface area contributed by atoms with Crippen molar-refractivity contribution in [2.75, 3.05) is 13.2 Å². The van der Waals surface area contributed by atoms with Crippen molar-refractivity contribution in [1.82, 2.24) is 10.2 Å². The fraction of sp³-hybridized carbons (Fsp3) is 0.364. The van der Waals surface area contributed by atoms with Crippen LogP contribution >= 0.6 is 31.9 Å².